The molecule has 0 spiro atoms. The standard InChI is InChI=1S/C20H26N2O5S2/c1-15(2)22(3)29(26,27)19-10-8-16(9-11-19)13-21-20(23)18-7-5-6-17(12-18)14-28(4,24)25/h5-12,15H,13-14H2,1-4H3,(H,21,23). The number of hydrogen-bond acceptors (Lipinski definition) is 5. The fourth-order valence-corrected chi connectivity index (χ4v) is 4.77. The Morgan fingerprint density at radius 1 is 1.00 bits per heavy atom. The van der Waals surface area contributed by atoms with E-state index in [1.54, 1.807) is 50.2 Å². The molecule has 1 amide bonds. The normalized spacial score (nSPS) is 12.3. The number of nitrogens with one attached hydrogen (secondary N) is 1. The predicted octanol–water partition coefficient (Wildman–Crippen LogP) is 2.19. The number of benzene rings is 2. The molecule has 0 aliphatic heterocycles. The van der Waals surface area contributed by atoms with Crippen LogP contribution in [0.25, 0.3) is 0 Å². The van der Waals surface area contributed by atoms with E-state index in [9.17, 15) is 21.6 Å². The summed E-state index contributed by atoms with van der Waals surface area (Å²) in [5, 5.41) is 2.76. The third-order valence-electron chi connectivity index (χ3n) is 4.40. The van der Waals surface area contributed by atoms with Gasteiger partial charge < -0.3 is 5.32 Å². The van der Waals surface area contributed by atoms with E-state index in [1.807, 2.05) is 0 Å². The highest BCUT2D eigenvalue weighted by molar-refractivity contribution is 7.90. The first-order valence-corrected chi connectivity index (χ1v) is 12.5. The molecular formula is C20H26N2O5S2. The molecule has 0 saturated heterocycles. The average Bonchev–Trinajstić information content (AvgIpc) is 2.64. The quantitative estimate of drug-likeness (QED) is 0.681. The van der Waals surface area contributed by atoms with E-state index < -0.39 is 19.9 Å². The molecule has 2 aromatic carbocycles. The first-order chi connectivity index (χ1) is 13.4. The SMILES string of the molecule is CC(C)N(C)S(=O)(=O)c1ccc(CNC(=O)c2cccc(CS(C)(=O)=O)c2)cc1. The van der Waals surface area contributed by atoms with Crippen LogP contribution in [-0.2, 0) is 32.2 Å². The van der Waals surface area contributed by atoms with Crippen molar-refractivity contribution >= 4 is 25.8 Å². The summed E-state index contributed by atoms with van der Waals surface area (Å²) in [6.07, 6.45) is 1.14. The molecule has 0 unspecified atom stereocenters. The van der Waals surface area contributed by atoms with Crippen LogP contribution in [0.1, 0.15) is 35.3 Å². The van der Waals surface area contributed by atoms with Crippen molar-refractivity contribution in [2.75, 3.05) is 13.3 Å². The second-order valence-corrected chi connectivity index (χ2v) is 11.3. The largest absolute Gasteiger partial charge is 0.348 e. The Balaban J connectivity index is 2.05. The summed E-state index contributed by atoms with van der Waals surface area (Å²) in [5.74, 6) is -0.467. The van der Waals surface area contributed by atoms with E-state index in [-0.39, 0.29) is 29.1 Å². The lowest BCUT2D eigenvalue weighted by atomic mass is 10.1. The average molecular weight is 439 g/mol. The first-order valence-electron chi connectivity index (χ1n) is 9.02. The van der Waals surface area contributed by atoms with Gasteiger partial charge in [0.2, 0.25) is 10.0 Å². The summed E-state index contributed by atoms with van der Waals surface area (Å²) in [6.45, 7) is 3.81. The zero-order valence-corrected chi connectivity index (χ0v) is 18.5. The summed E-state index contributed by atoms with van der Waals surface area (Å²) in [6, 6.07) is 12.6. The smallest absolute Gasteiger partial charge is 0.251 e. The van der Waals surface area contributed by atoms with Gasteiger partial charge in [-0.2, -0.15) is 4.31 Å². The van der Waals surface area contributed by atoms with Gasteiger partial charge in [-0.05, 0) is 49.2 Å². The Hall–Kier alpha value is -2.23. The van der Waals surface area contributed by atoms with Crippen LogP contribution >= 0.6 is 0 Å². The van der Waals surface area contributed by atoms with Crippen molar-refractivity contribution in [1.82, 2.24) is 9.62 Å². The summed E-state index contributed by atoms with van der Waals surface area (Å²) < 4.78 is 49.1. The van der Waals surface area contributed by atoms with Crippen LogP contribution in [0, 0.1) is 0 Å². The number of rotatable bonds is 8. The van der Waals surface area contributed by atoms with Crippen LogP contribution in [0.2, 0.25) is 0 Å². The molecule has 9 heteroatoms. The van der Waals surface area contributed by atoms with Crippen LogP contribution in [0.4, 0.5) is 0 Å². The van der Waals surface area contributed by atoms with Gasteiger partial charge in [0.1, 0.15) is 0 Å². The Kier molecular flexibility index (Phi) is 7.20. The molecule has 1 N–H and O–H groups in total. The van der Waals surface area contributed by atoms with E-state index in [4.69, 9.17) is 0 Å². The molecule has 0 atom stereocenters. The number of sulfonamides is 1. The van der Waals surface area contributed by atoms with Gasteiger partial charge in [0.15, 0.2) is 9.84 Å². The van der Waals surface area contributed by atoms with E-state index >= 15 is 0 Å². The fraction of sp³-hybridized carbons (Fsp3) is 0.350. The van der Waals surface area contributed by atoms with Gasteiger partial charge in [0, 0.05) is 31.5 Å². The molecule has 0 aliphatic carbocycles. The summed E-state index contributed by atoms with van der Waals surface area (Å²) >= 11 is 0. The molecule has 29 heavy (non-hydrogen) atoms. The molecule has 158 valence electrons. The lowest BCUT2D eigenvalue weighted by Gasteiger charge is -2.21. The van der Waals surface area contributed by atoms with Gasteiger partial charge in [0.05, 0.1) is 10.6 Å². The van der Waals surface area contributed by atoms with Gasteiger partial charge >= 0.3 is 0 Å². The minimum absolute atomic E-state index is 0.130. The molecule has 0 saturated carbocycles. The van der Waals surface area contributed by atoms with Crippen molar-refractivity contribution in [3.8, 4) is 0 Å². The fourth-order valence-electron chi connectivity index (χ4n) is 2.61. The molecular weight excluding hydrogens is 412 g/mol. The number of nitrogens with zero attached hydrogens (tertiary/aromatic N) is 1. The second-order valence-electron chi connectivity index (χ2n) is 7.21. The molecule has 0 bridgehead atoms. The van der Waals surface area contributed by atoms with Crippen molar-refractivity contribution in [2.45, 2.75) is 37.1 Å². The molecule has 0 heterocycles. The number of carbonyl (C=O) groups is 1. The van der Waals surface area contributed by atoms with Gasteiger partial charge in [-0.15, -0.1) is 0 Å². The van der Waals surface area contributed by atoms with Crippen LogP contribution in [0.3, 0.4) is 0 Å². The third kappa shape index (κ3) is 6.38. The van der Waals surface area contributed by atoms with Crippen molar-refractivity contribution in [1.29, 1.82) is 0 Å². The Labute approximate surface area is 172 Å². The Morgan fingerprint density at radius 2 is 1.62 bits per heavy atom. The van der Waals surface area contributed by atoms with Crippen molar-refractivity contribution in [3.05, 3.63) is 65.2 Å². The van der Waals surface area contributed by atoms with Crippen LogP contribution in [-0.4, -0.2) is 46.4 Å². The minimum Gasteiger partial charge on any atom is -0.348 e. The Morgan fingerprint density at radius 3 is 2.17 bits per heavy atom. The number of sulfone groups is 1. The predicted molar refractivity (Wildman–Crippen MR) is 113 cm³/mol. The monoisotopic (exact) mass is 438 g/mol. The number of carbonyl (C=O) groups excluding carboxylic acids is 1. The van der Waals surface area contributed by atoms with E-state index in [0.29, 0.717) is 11.1 Å². The van der Waals surface area contributed by atoms with Crippen molar-refractivity contribution in [3.63, 3.8) is 0 Å². The van der Waals surface area contributed by atoms with Crippen LogP contribution in [0.15, 0.2) is 53.4 Å². The maximum Gasteiger partial charge on any atom is 0.251 e. The summed E-state index contributed by atoms with van der Waals surface area (Å²) in [4.78, 5) is 12.6. The molecule has 2 aromatic rings. The lowest BCUT2D eigenvalue weighted by Crippen LogP contribution is -2.33. The van der Waals surface area contributed by atoms with E-state index in [2.05, 4.69) is 5.32 Å². The van der Waals surface area contributed by atoms with Gasteiger partial charge in [0.25, 0.3) is 5.91 Å². The lowest BCUT2D eigenvalue weighted by molar-refractivity contribution is 0.0950. The minimum atomic E-state index is -3.55. The Bertz CT molecular complexity index is 1080. The van der Waals surface area contributed by atoms with Gasteiger partial charge in [-0.1, -0.05) is 24.3 Å². The maximum atomic E-state index is 12.5. The van der Waals surface area contributed by atoms with Gasteiger partial charge in [-0.25, -0.2) is 16.8 Å². The summed E-state index contributed by atoms with van der Waals surface area (Å²) in [5.41, 5.74) is 1.66. The molecule has 0 fully saturated rings. The molecule has 7 nitrogen and oxygen atoms in total. The molecule has 0 aromatic heterocycles. The highest BCUT2D eigenvalue weighted by atomic mass is 32.2. The van der Waals surface area contributed by atoms with Gasteiger partial charge in [-0.3, -0.25) is 4.79 Å². The van der Waals surface area contributed by atoms with E-state index in [0.717, 1.165) is 11.8 Å². The molecule has 0 aliphatic rings. The van der Waals surface area contributed by atoms with E-state index in [1.165, 1.54) is 23.5 Å². The zero-order chi connectivity index (χ0) is 21.8. The van der Waals surface area contributed by atoms with Crippen LogP contribution < -0.4 is 5.32 Å². The molecule has 0 radical (unpaired) electrons. The summed E-state index contributed by atoms with van der Waals surface area (Å²) in [7, 11) is -5.21. The number of amides is 1. The maximum absolute atomic E-state index is 12.5. The van der Waals surface area contributed by atoms with Crippen LogP contribution in [0.5, 0.6) is 0 Å². The third-order valence-corrected chi connectivity index (χ3v) is 7.30. The highest BCUT2D eigenvalue weighted by Crippen LogP contribution is 2.17. The molecule has 2 rings (SSSR count). The highest BCUT2D eigenvalue weighted by Gasteiger charge is 2.22. The second kappa shape index (κ2) is 9.06. The number of hydrogen-bond donors (Lipinski definition) is 1. The zero-order valence-electron chi connectivity index (χ0n) is 16.9. The van der Waals surface area contributed by atoms with Crippen molar-refractivity contribution < 1.29 is 21.6 Å². The van der Waals surface area contributed by atoms with Crippen molar-refractivity contribution in [2.24, 2.45) is 0 Å². The topological polar surface area (TPSA) is 101 Å². The first kappa shape index (κ1) is 23.1.